The Morgan fingerprint density at radius 2 is 1.50 bits per heavy atom. The average Bonchev–Trinajstić information content (AvgIpc) is 3.12. The summed E-state index contributed by atoms with van der Waals surface area (Å²) in [6.45, 7) is 0. The first kappa shape index (κ1) is 16.0. The SMILES string of the molecule is COc1ccc2[nH]c(C(=O)c3ccc(Oc4ccccc4)cc3)cc2c1. The summed E-state index contributed by atoms with van der Waals surface area (Å²) in [4.78, 5) is 15.9. The number of nitrogens with one attached hydrogen (secondary N) is 1. The van der Waals surface area contributed by atoms with Crippen LogP contribution in [0.25, 0.3) is 10.9 Å². The van der Waals surface area contributed by atoms with Gasteiger partial charge in [0, 0.05) is 16.5 Å². The topological polar surface area (TPSA) is 51.3 Å². The molecule has 0 unspecified atom stereocenters. The van der Waals surface area contributed by atoms with E-state index >= 15 is 0 Å². The van der Waals surface area contributed by atoms with E-state index in [1.54, 1.807) is 31.4 Å². The fourth-order valence-corrected chi connectivity index (χ4v) is 2.81. The van der Waals surface area contributed by atoms with Crippen LogP contribution in [0.5, 0.6) is 17.2 Å². The molecule has 0 fully saturated rings. The quantitative estimate of drug-likeness (QED) is 0.507. The van der Waals surface area contributed by atoms with Gasteiger partial charge in [-0.15, -0.1) is 0 Å². The molecule has 0 aliphatic carbocycles. The van der Waals surface area contributed by atoms with Crippen LogP contribution in [-0.4, -0.2) is 17.9 Å². The van der Waals surface area contributed by atoms with Gasteiger partial charge in [0.05, 0.1) is 12.8 Å². The molecule has 3 aromatic carbocycles. The van der Waals surface area contributed by atoms with Gasteiger partial charge in [0.1, 0.15) is 17.2 Å². The van der Waals surface area contributed by atoms with Crippen molar-refractivity contribution in [2.24, 2.45) is 0 Å². The summed E-state index contributed by atoms with van der Waals surface area (Å²) in [5, 5.41) is 0.941. The molecule has 4 nitrogen and oxygen atoms in total. The Hall–Kier alpha value is -3.53. The Labute approximate surface area is 151 Å². The van der Waals surface area contributed by atoms with Gasteiger partial charge in [-0.3, -0.25) is 4.79 Å². The maximum atomic E-state index is 12.7. The third-order valence-corrected chi connectivity index (χ3v) is 4.17. The lowest BCUT2D eigenvalue weighted by Gasteiger charge is -2.06. The molecule has 4 heteroatoms. The number of aromatic amines is 1. The lowest BCUT2D eigenvalue weighted by molar-refractivity contribution is 0.103. The summed E-state index contributed by atoms with van der Waals surface area (Å²) in [5.41, 5.74) is 2.05. The van der Waals surface area contributed by atoms with Crippen LogP contribution < -0.4 is 9.47 Å². The molecule has 0 bridgehead atoms. The summed E-state index contributed by atoms with van der Waals surface area (Å²) >= 11 is 0. The third-order valence-electron chi connectivity index (χ3n) is 4.17. The maximum Gasteiger partial charge on any atom is 0.209 e. The van der Waals surface area contributed by atoms with Crippen LogP contribution in [0.2, 0.25) is 0 Å². The molecule has 4 aromatic rings. The number of H-pyrrole nitrogens is 1. The number of rotatable bonds is 5. The fraction of sp³-hybridized carbons (Fsp3) is 0.0455. The number of aromatic nitrogens is 1. The Bertz CT molecular complexity index is 1050. The Morgan fingerprint density at radius 3 is 2.23 bits per heavy atom. The number of hydrogen-bond donors (Lipinski definition) is 1. The highest BCUT2D eigenvalue weighted by Gasteiger charge is 2.13. The standard InChI is InChI=1S/C22H17NO3/c1-25-19-11-12-20-16(13-19)14-21(23-20)22(24)15-7-9-18(10-8-15)26-17-5-3-2-4-6-17/h2-14,23H,1H3. The van der Waals surface area contributed by atoms with Gasteiger partial charge in [0.25, 0.3) is 0 Å². The van der Waals surface area contributed by atoms with Crippen LogP contribution in [0.15, 0.2) is 78.9 Å². The average molecular weight is 343 g/mol. The molecule has 26 heavy (non-hydrogen) atoms. The minimum absolute atomic E-state index is 0.0635. The minimum Gasteiger partial charge on any atom is -0.497 e. The van der Waals surface area contributed by atoms with E-state index in [0.29, 0.717) is 17.0 Å². The van der Waals surface area contributed by atoms with E-state index in [2.05, 4.69) is 4.98 Å². The van der Waals surface area contributed by atoms with Crippen molar-refractivity contribution in [3.8, 4) is 17.2 Å². The molecule has 0 spiro atoms. The number of carbonyl (C=O) groups is 1. The second kappa shape index (κ2) is 6.76. The minimum atomic E-state index is -0.0635. The summed E-state index contributed by atoms with van der Waals surface area (Å²) in [5.74, 6) is 2.15. The number of methoxy groups -OCH3 is 1. The Balaban J connectivity index is 1.56. The molecule has 0 aliphatic heterocycles. The normalized spacial score (nSPS) is 10.7. The lowest BCUT2D eigenvalue weighted by atomic mass is 10.1. The first-order chi connectivity index (χ1) is 12.7. The molecule has 0 radical (unpaired) electrons. The molecule has 0 atom stereocenters. The van der Waals surface area contributed by atoms with E-state index in [1.165, 1.54) is 0 Å². The van der Waals surface area contributed by atoms with E-state index in [-0.39, 0.29) is 5.78 Å². The first-order valence-electron chi connectivity index (χ1n) is 8.27. The number of ketones is 1. The largest absolute Gasteiger partial charge is 0.497 e. The van der Waals surface area contributed by atoms with E-state index in [1.807, 2.05) is 54.6 Å². The third kappa shape index (κ3) is 3.17. The van der Waals surface area contributed by atoms with Crippen molar-refractivity contribution >= 4 is 16.7 Å². The lowest BCUT2D eigenvalue weighted by Crippen LogP contribution is -2.01. The second-order valence-electron chi connectivity index (χ2n) is 5.90. The van der Waals surface area contributed by atoms with Gasteiger partial charge < -0.3 is 14.5 Å². The van der Waals surface area contributed by atoms with E-state index in [4.69, 9.17) is 9.47 Å². The van der Waals surface area contributed by atoms with Gasteiger partial charge in [-0.2, -0.15) is 0 Å². The second-order valence-corrected chi connectivity index (χ2v) is 5.90. The van der Waals surface area contributed by atoms with Crippen LogP contribution in [0.1, 0.15) is 16.1 Å². The van der Waals surface area contributed by atoms with Gasteiger partial charge in [-0.1, -0.05) is 18.2 Å². The van der Waals surface area contributed by atoms with Crippen LogP contribution in [0.3, 0.4) is 0 Å². The number of carbonyl (C=O) groups excluding carboxylic acids is 1. The van der Waals surface area contributed by atoms with Gasteiger partial charge in [-0.05, 0) is 60.7 Å². The molecule has 128 valence electrons. The maximum absolute atomic E-state index is 12.7. The van der Waals surface area contributed by atoms with Gasteiger partial charge in [0.2, 0.25) is 5.78 Å². The Kier molecular flexibility index (Phi) is 4.15. The smallest absolute Gasteiger partial charge is 0.209 e. The monoisotopic (exact) mass is 343 g/mol. The molecule has 0 amide bonds. The van der Waals surface area contributed by atoms with Gasteiger partial charge in [0.15, 0.2) is 0 Å². The number of ether oxygens (including phenoxy) is 2. The fourth-order valence-electron chi connectivity index (χ4n) is 2.81. The number of benzene rings is 3. The van der Waals surface area contributed by atoms with Gasteiger partial charge in [-0.25, -0.2) is 0 Å². The van der Waals surface area contributed by atoms with E-state index in [0.717, 1.165) is 22.4 Å². The molecule has 1 aromatic heterocycles. The van der Waals surface area contributed by atoms with E-state index in [9.17, 15) is 4.79 Å². The number of hydrogen-bond acceptors (Lipinski definition) is 3. The zero-order chi connectivity index (χ0) is 17.9. The van der Waals surface area contributed by atoms with Gasteiger partial charge >= 0.3 is 0 Å². The van der Waals surface area contributed by atoms with E-state index < -0.39 is 0 Å². The van der Waals surface area contributed by atoms with Crippen molar-refractivity contribution in [2.45, 2.75) is 0 Å². The predicted octanol–water partition coefficient (Wildman–Crippen LogP) is 5.20. The molecular formula is C22H17NO3. The molecule has 0 saturated heterocycles. The summed E-state index contributed by atoms with van der Waals surface area (Å²) < 4.78 is 11.0. The molecule has 0 saturated carbocycles. The summed E-state index contributed by atoms with van der Waals surface area (Å²) in [6.07, 6.45) is 0. The zero-order valence-electron chi connectivity index (χ0n) is 14.2. The summed E-state index contributed by atoms with van der Waals surface area (Å²) in [6, 6.07) is 24.2. The number of fused-ring (bicyclic) bond motifs is 1. The van der Waals surface area contributed by atoms with Crippen LogP contribution >= 0.6 is 0 Å². The van der Waals surface area contributed by atoms with Crippen molar-refractivity contribution in [3.63, 3.8) is 0 Å². The molecule has 1 heterocycles. The van der Waals surface area contributed by atoms with Crippen LogP contribution in [-0.2, 0) is 0 Å². The predicted molar refractivity (Wildman–Crippen MR) is 101 cm³/mol. The van der Waals surface area contributed by atoms with Crippen molar-refractivity contribution in [3.05, 3.63) is 90.1 Å². The molecule has 1 N–H and O–H groups in total. The van der Waals surface area contributed by atoms with Crippen LogP contribution in [0, 0.1) is 0 Å². The molecule has 0 aliphatic rings. The highest BCUT2D eigenvalue weighted by atomic mass is 16.5. The van der Waals surface area contributed by atoms with Crippen molar-refractivity contribution in [2.75, 3.05) is 7.11 Å². The zero-order valence-corrected chi connectivity index (χ0v) is 14.2. The van der Waals surface area contributed by atoms with Crippen molar-refractivity contribution in [1.82, 2.24) is 4.98 Å². The highest BCUT2D eigenvalue weighted by Crippen LogP contribution is 2.24. The Morgan fingerprint density at radius 1 is 0.808 bits per heavy atom. The van der Waals surface area contributed by atoms with Crippen LogP contribution in [0.4, 0.5) is 0 Å². The van der Waals surface area contributed by atoms with Crippen molar-refractivity contribution in [1.29, 1.82) is 0 Å². The molecular weight excluding hydrogens is 326 g/mol. The number of para-hydroxylation sites is 1. The van der Waals surface area contributed by atoms with Crippen molar-refractivity contribution < 1.29 is 14.3 Å². The highest BCUT2D eigenvalue weighted by molar-refractivity contribution is 6.10. The molecule has 4 rings (SSSR count). The summed E-state index contributed by atoms with van der Waals surface area (Å²) in [7, 11) is 1.62. The first-order valence-corrected chi connectivity index (χ1v) is 8.27.